The van der Waals surface area contributed by atoms with E-state index in [9.17, 15) is 25.9 Å². The number of halogens is 2. The molecule has 1 heterocycles. The van der Waals surface area contributed by atoms with Crippen molar-refractivity contribution in [2.45, 2.75) is 0 Å². The lowest BCUT2D eigenvalue weighted by atomic mass is 9.99. The summed E-state index contributed by atoms with van der Waals surface area (Å²) in [7, 11) is -9.96. The number of nitrogens with one attached hydrogen (secondary N) is 1. The molecule has 13 heteroatoms. The van der Waals surface area contributed by atoms with E-state index < -0.39 is 20.8 Å². The van der Waals surface area contributed by atoms with Crippen molar-refractivity contribution in [3.8, 4) is 22.8 Å². The summed E-state index contributed by atoms with van der Waals surface area (Å²) in [5, 5.41) is 2.85. The molecule has 4 aromatic carbocycles. The third-order valence-electron chi connectivity index (χ3n) is 5.26. The Bertz CT molecular complexity index is 1880. The number of aromatic amines is 1. The van der Waals surface area contributed by atoms with Gasteiger partial charge in [0.2, 0.25) is 0 Å². The summed E-state index contributed by atoms with van der Waals surface area (Å²) in [5.41, 5.74) is 0.451. The average Bonchev–Trinajstić information content (AvgIpc) is 3.08. The zero-order valence-corrected chi connectivity index (χ0v) is 22.0. The first-order valence-electron chi connectivity index (χ1n) is 9.70. The first-order chi connectivity index (χ1) is 16.4. The second kappa shape index (κ2) is 8.47. The fourth-order valence-electron chi connectivity index (χ4n) is 3.96. The summed E-state index contributed by atoms with van der Waals surface area (Å²) < 4.78 is 77.0. The van der Waals surface area contributed by atoms with Gasteiger partial charge in [-0.15, -0.1) is 0 Å². The lowest BCUT2D eigenvalue weighted by Gasteiger charge is -2.13. The molecule has 1 aromatic heterocycles. The fraction of sp³-hybridized carbons (Fsp3) is 0. The maximum Gasteiger partial charge on any atom is 0.446 e. The predicted octanol–water partition coefficient (Wildman–Crippen LogP) is 6.03. The zero-order chi connectivity index (χ0) is 25.1. The summed E-state index contributed by atoms with van der Waals surface area (Å²) in [6.07, 6.45) is 0. The van der Waals surface area contributed by atoms with Crippen molar-refractivity contribution in [1.29, 1.82) is 0 Å². The van der Waals surface area contributed by atoms with Gasteiger partial charge in [-0.05, 0) is 62.4 Å². The van der Waals surface area contributed by atoms with Crippen molar-refractivity contribution in [3.63, 3.8) is 0 Å². The van der Waals surface area contributed by atoms with E-state index in [0.717, 1.165) is 10.8 Å². The number of H-pyrrole nitrogens is 1. The second-order valence-corrected chi connectivity index (χ2v) is 11.3. The maximum atomic E-state index is 11.8. The molecule has 0 spiro atoms. The molecule has 0 amide bonds. The summed E-state index contributed by atoms with van der Waals surface area (Å²) in [6, 6.07) is 17.3. The van der Waals surface area contributed by atoms with E-state index in [4.69, 9.17) is 8.37 Å². The lowest BCUT2D eigenvalue weighted by Crippen LogP contribution is -2.09. The van der Waals surface area contributed by atoms with Gasteiger partial charge in [-0.3, -0.25) is 9.11 Å². The van der Waals surface area contributed by atoms with Crippen molar-refractivity contribution < 1.29 is 34.3 Å². The van der Waals surface area contributed by atoms with Crippen LogP contribution in [0.2, 0.25) is 0 Å². The van der Waals surface area contributed by atoms with E-state index in [1.807, 2.05) is 30.3 Å². The minimum Gasteiger partial charge on any atom is -0.360 e. The van der Waals surface area contributed by atoms with E-state index in [-0.39, 0.29) is 28.1 Å². The molecular weight excluding hydrogens is 630 g/mol. The fourth-order valence-corrected chi connectivity index (χ4v) is 6.05. The van der Waals surface area contributed by atoms with Crippen LogP contribution in [0.4, 0.5) is 0 Å². The van der Waals surface area contributed by atoms with Crippen LogP contribution in [0.5, 0.6) is 11.5 Å². The third kappa shape index (κ3) is 4.75. The van der Waals surface area contributed by atoms with Crippen LogP contribution in [0.25, 0.3) is 43.7 Å². The molecule has 5 rings (SSSR count). The highest BCUT2D eigenvalue weighted by atomic mass is 79.9. The minimum atomic E-state index is -4.98. The van der Waals surface area contributed by atoms with Crippen LogP contribution in [-0.4, -0.2) is 30.9 Å². The Kier molecular flexibility index (Phi) is 5.81. The lowest BCUT2D eigenvalue weighted by molar-refractivity contribution is 0.384. The van der Waals surface area contributed by atoms with Gasteiger partial charge < -0.3 is 13.4 Å². The molecular formula is C22H13Br2NO8S2. The Morgan fingerprint density at radius 1 is 0.714 bits per heavy atom. The largest absolute Gasteiger partial charge is 0.446 e. The molecule has 0 fully saturated rings. The van der Waals surface area contributed by atoms with Gasteiger partial charge in [0.1, 0.15) is 0 Å². The van der Waals surface area contributed by atoms with E-state index in [1.165, 1.54) is 6.07 Å². The number of benzene rings is 4. The van der Waals surface area contributed by atoms with Gasteiger partial charge in [0.15, 0.2) is 11.5 Å². The molecule has 0 aliphatic heterocycles. The Labute approximate surface area is 215 Å². The van der Waals surface area contributed by atoms with Gasteiger partial charge in [-0.25, -0.2) is 0 Å². The Morgan fingerprint density at radius 3 is 2.00 bits per heavy atom. The first kappa shape index (κ1) is 24.0. The van der Waals surface area contributed by atoms with Crippen molar-refractivity contribution in [1.82, 2.24) is 4.98 Å². The quantitative estimate of drug-likeness (QED) is 0.156. The highest BCUT2D eigenvalue weighted by molar-refractivity contribution is 9.11. The monoisotopic (exact) mass is 641 g/mol. The van der Waals surface area contributed by atoms with Gasteiger partial charge in [0, 0.05) is 25.3 Å². The van der Waals surface area contributed by atoms with Crippen molar-refractivity contribution >= 4 is 85.1 Å². The highest BCUT2D eigenvalue weighted by Crippen LogP contribution is 2.47. The topological polar surface area (TPSA) is 143 Å². The van der Waals surface area contributed by atoms with Gasteiger partial charge in [0.25, 0.3) is 0 Å². The molecule has 3 N–H and O–H groups in total. The molecule has 0 aliphatic carbocycles. The smallest absolute Gasteiger partial charge is 0.360 e. The van der Waals surface area contributed by atoms with E-state index in [0.29, 0.717) is 25.2 Å². The van der Waals surface area contributed by atoms with Gasteiger partial charge in [0.05, 0.1) is 11.2 Å². The van der Waals surface area contributed by atoms with Crippen LogP contribution in [0.15, 0.2) is 69.6 Å². The number of fused-ring (bicyclic) bond motifs is 3. The van der Waals surface area contributed by atoms with E-state index in [2.05, 4.69) is 36.8 Å². The zero-order valence-electron chi connectivity index (χ0n) is 17.2. The van der Waals surface area contributed by atoms with Crippen LogP contribution < -0.4 is 8.37 Å². The molecule has 0 bridgehead atoms. The van der Waals surface area contributed by atoms with Crippen LogP contribution in [0.3, 0.4) is 0 Å². The molecule has 0 unspecified atom stereocenters. The highest BCUT2D eigenvalue weighted by Gasteiger charge is 2.26. The summed E-state index contributed by atoms with van der Waals surface area (Å²) >= 11 is 6.71. The summed E-state index contributed by atoms with van der Waals surface area (Å²) in [4.78, 5) is 3.00. The Hall–Kier alpha value is -2.68. The number of rotatable bonds is 5. The molecule has 0 aliphatic rings. The molecule has 0 radical (unpaired) electrons. The Balaban J connectivity index is 1.91. The minimum absolute atomic E-state index is 0.00914. The Morgan fingerprint density at radius 2 is 1.34 bits per heavy atom. The molecule has 9 nitrogen and oxygen atoms in total. The van der Waals surface area contributed by atoms with Crippen molar-refractivity contribution in [3.05, 3.63) is 69.6 Å². The molecule has 5 aromatic rings. The van der Waals surface area contributed by atoms with Crippen LogP contribution in [-0.2, 0) is 20.8 Å². The van der Waals surface area contributed by atoms with Crippen LogP contribution >= 0.6 is 31.9 Å². The number of hydrogen-bond donors (Lipinski definition) is 3. The number of hydrogen-bond acceptors (Lipinski definition) is 6. The predicted molar refractivity (Wildman–Crippen MR) is 138 cm³/mol. The first-order valence-corrected chi connectivity index (χ1v) is 14.0. The summed E-state index contributed by atoms with van der Waals surface area (Å²) in [5.74, 6) is -0.567. The molecule has 0 atom stereocenters. The van der Waals surface area contributed by atoms with Gasteiger partial charge >= 0.3 is 20.8 Å². The number of aromatic nitrogens is 1. The normalized spacial score (nSPS) is 12.5. The SMILES string of the molecule is O=S(=O)(O)Oc1c(-c2[nH]c3c(Br)cc(Br)cc3c2OS(=O)(=O)O)ccc2cc3ccccc3cc12. The molecule has 180 valence electrons. The average molecular weight is 643 g/mol. The molecule has 0 saturated carbocycles. The summed E-state index contributed by atoms with van der Waals surface area (Å²) in [6.45, 7) is 0. The van der Waals surface area contributed by atoms with E-state index in [1.54, 1.807) is 24.3 Å². The maximum absolute atomic E-state index is 11.8. The van der Waals surface area contributed by atoms with Crippen molar-refractivity contribution in [2.24, 2.45) is 0 Å². The van der Waals surface area contributed by atoms with Gasteiger partial charge in [-0.1, -0.05) is 46.3 Å². The standard InChI is InChI=1S/C22H13Br2NO8S2/c23-14-9-17-19(18(24)10-14)25-20(22(17)33-35(29,30)31)15-6-5-13-7-11-3-1-2-4-12(11)8-16(13)21(15)32-34(26,27)28/h1-10,25H,(H,26,27,28)(H,29,30,31). The van der Waals surface area contributed by atoms with Gasteiger partial charge in [-0.2, -0.15) is 16.8 Å². The third-order valence-corrected chi connectivity index (χ3v) is 7.10. The van der Waals surface area contributed by atoms with Crippen LogP contribution in [0.1, 0.15) is 0 Å². The molecule has 35 heavy (non-hydrogen) atoms. The second-order valence-electron chi connectivity index (χ2n) is 7.52. The van der Waals surface area contributed by atoms with Crippen LogP contribution in [0, 0.1) is 0 Å². The molecule has 0 saturated heterocycles. The van der Waals surface area contributed by atoms with Crippen molar-refractivity contribution in [2.75, 3.05) is 0 Å². The van der Waals surface area contributed by atoms with E-state index >= 15 is 0 Å².